The molecule has 176 valence electrons. The van der Waals surface area contributed by atoms with Crippen LogP contribution in [0.1, 0.15) is 44.1 Å². The molecule has 1 aliphatic rings. The van der Waals surface area contributed by atoms with Crippen LogP contribution in [0.25, 0.3) is 6.08 Å². The SMILES string of the molecule is NS(=O)(=O)NC(=O)C(=Cc1ccc(Oc2ccccc2Br)cc1)NC(=O)CCC1CCCC1. The van der Waals surface area contributed by atoms with Crippen LogP contribution in [0.2, 0.25) is 0 Å². The van der Waals surface area contributed by atoms with Crippen molar-refractivity contribution in [2.45, 2.75) is 38.5 Å². The summed E-state index contributed by atoms with van der Waals surface area (Å²) in [7, 11) is -4.28. The lowest BCUT2D eigenvalue weighted by atomic mass is 10.0. The number of rotatable bonds is 9. The lowest BCUT2D eigenvalue weighted by Gasteiger charge is -2.12. The van der Waals surface area contributed by atoms with Crippen LogP contribution in [0.4, 0.5) is 0 Å². The fourth-order valence-corrected chi connectivity index (χ4v) is 4.38. The molecule has 0 atom stereocenters. The van der Waals surface area contributed by atoms with Crippen molar-refractivity contribution in [3.8, 4) is 11.5 Å². The third kappa shape index (κ3) is 8.30. The Morgan fingerprint density at radius 2 is 1.76 bits per heavy atom. The van der Waals surface area contributed by atoms with Crippen molar-refractivity contribution < 1.29 is 22.7 Å². The molecule has 0 saturated heterocycles. The number of benzene rings is 2. The molecule has 2 amide bonds. The number of carbonyl (C=O) groups is 2. The number of amides is 2. The molecule has 1 aliphatic carbocycles. The zero-order valence-corrected chi connectivity index (χ0v) is 20.3. The van der Waals surface area contributed by atoms with Crippen LogP contribution in [-0.4, -0.2) is 20.2 Å². The molecular weight excluding hydrogens is 510 g/mol. The van der Waals surface area contributed by atoms with Gasteiger partial charge in [-0.15, -0.1) is 0 Å². The van der Waals surface area contributed by atoms with E-state index in [1.54, 1.807) is 29.0 Å². The Balaban J connectivity index is 1.72. The maximum atomic E-state index is 12.4. The summed E-state index contributed by atoms with van der Waals surface area (Å²) < 4.78 is 30.9. The first kappa shape index (κ1) is 24.9. The Bertz CT molecular complexity index is 1130. The predicted molar refractivity (Wildman–Crippen MR) is 129 cm³/mol. The second-order valence-corrected chi connectivity index (χ2v) is 10.0. The van der Waals surface area contributed by atoms with Gasteiger partial charge in [0, 0.05) is 6.42 Å². The molecule has 0 heterocycles. The normalized spacial score (nSPS) is 14.7. The van der Waals surface area contributed by atoms with E-state index in [1.165, 1.54) is 18.9 Å². The molecule has 0 spiro atoms. The molecule has 3 rings (SSSR count). The molecule has 2 aromatic rings. The van der Waals surface area contributed by atoms with Gasteiger partial charge in [-0.2, -0.15) is 8.42 Å². The summed E-state index contributed by atoms with van der Waals surface area (Å²) in [5, 5.41) is 7.45. The third-order valence-electron chi connectivity index (χ3n) is 5.26. The zero-order chi connectivity index (χ0) is 23.8. The number of ether oxygens (including phenoxy) is 1. The minimum absolute atomic E-state index is 0.208. The second kappa shape index (κ2) is 11.4. The van der Waals surface area contributed by atoms with E-state index in [1.807, 2.05) is 24.3 Å². The van der Waals surface area contributed by atoms with E-state index in [2.05, 4.69) is 21.2 Å². The third-order valence-corrected chi connectivity index (χ3v) is 6.39. The van der Waals surface area contributed by atoms with E-state index >= 15 is 0 Å². The van der Waals surface area contributed by atoms with Crippen LogP contribution in [0.5, 0.6) is 11.5 Å². The summed E-state index contributed by atoms with van der Waals surface area (Å²) in [6.45, 7) is 0. The number of nitrogens with one attached hydrogen (secondary N) is 2. The van der Waals surface area contributed by atoms with Crippen LogP contribution in [0.3, 0.4) is 0 Å². The molecule has 1 saturated carbocycles. The summed E-state index contributed by atoms with van der Waals surface area (Å²) in [5.41, 5.74) is 0.352. The molecule has 0 aromatic heterocycles. The van der Waals surface area contributed by atoms with E-state index < -0.39 is 16.1 Å². The number of halogens is 1. The molecule has 8 nitrogen and oxygen atoms in total. The zero-order valence-electron chi connectivity index (χ0n) is 17.9. The molecule has 0 aliphatic heterocycles. The minimum Gasteiger partial charge on any atom is -0.456 e. The highest BCUT2D eigenvalue weighted by molar-refractivity contribution is 9.10. The van der Waals surface area contributed by atoms with Gasteiger partial charge in [0.15, 0.2) is 0 Å². The average Bonchev–Trinajstić information content (AvgIpc) is 3.27. The molecule has 0 unspecified atom stereocenters. The fraction of sp³-hybridized carbons (Fsp3) is 0.304. The minimum atomic E-state index is -4.28. The Morgan fingerprint density at radius 1 is 1.09 bits per heavy atom. The van der Waals surface area contributed by atoms with Gasteiger partial charge in [0.25, 0.3) is 16.1 Å². The summed E-state index contributed by atoms with van der Waals surface area (Å²) in [5.74, 6) is 0.351. The van der Waals surface area contributed by atoms with Gasteiger partial charge in [0.2, 0.25) is 5.91 Å². The Labute approximate surface area is 201 Å². The molecule has 4 N–H and O–H groups in total. The maximum absolute atomic E-state index is 12.4. The van der Waals surface area contributed by atoms with Crippen molar-refractivity contribution in [2.24, 2.45) is 11.1 Å². The molecular formula is C23H26BrN3O5S. The first-order chi connectivity index (χ1) is 15.7. The van der Waals surface area contributed by atoms with Gasteiger partial charge in [0.05, 0.1) is 4.47 Å². The monoisotopic (exact) mass is 535 g/mol. The van der Waals surface area contributed by atoms with Crippen LogP contribution < -0.4 is 19.9 Å². The highest BCUT2D eigenvalue weighted by Crippen LogP contribution is 2.30. The summed E-state index contributed by atoms with van der Waals surface area (Å²) in [6.07, 6.45) is 6.94. The number of nitrogens with two attached hydrogens (primary N) is 1. The van der Waals surface area contributed by atoms with Gasteiger partial charge >= 0.3 is 0 Å². The first-order valence-corrected chi connectivity index (χ1v) is 12.9. The number of hydrogen-bond acceptors (Lipinski definition) is 5. The van der Waals surface area contributed by atoms with Crippen molar-refractivity contribution >= 4 is 44.0 Å². The second-order valence-electron chi connectivity index (χ2n) is 7.87. The van der Waals surface area contributed by atoms with Crippen LogP contribution >= 0.6 is 15.9 Å². The van der Waals surface area contributed by atoms with Crippen molar-refractivity contribution in [3.05, 3.63) is 64.3 Å². The van der Waals surface area contributed by atoms with E-state index in [-0.39, 0.29) is 18.0 Å². The van der Waals surface area contributed by atoms with Gasteiger partial charge in [-0.1, -0.05) is 49.9 Å². The molecule has 33 heavy (non-hydrogen) atoms. The molecule has 0 bridgehead atoms. The average molecular weight is 536 g/mol. The molecule has 1 fully saturated rings. The molecule has 0 radical (unpaired) electrons. The highest BCUT2D eigenvalue weighted by Gasteiger charge is 2.20. The van der Waals surface area contributed by atoms with E-state index in [0.717, 1.165) is 23.7 Å². The molecule has 10 heteroatoms. The van der Waals surface area contributed by atoms with Crippen molar-refractivity contribution in [2.75, 3.05) is 0 Å². The number of carbonyl (C=O) groups excluding carboxylic acids is 2. The van der Waals surface area contributed by atoms with Gasteiger partial charge in [0.1, 0.15) is 17.2 Å². The largest absolute Gasteiger partial charge is 0.456 e. The highest BCUT2D eigenvalue weighted by atomic mass is 79.9. The summed E-state index contributed by atoms with van der Waals surface area (Å²) in [6, 6.07) is 14.2. The van der Waals surface area contributed by atoms with Crippen LogP contribution in [0, 0.1) is 5.92 Å². The maximum Gasteiger partial charge on any atom is 0.299 e. The van der Waals surface area contributed by atoms with E-state index in [9.17, 15) is 18.0 Å². The van der Waals surface area contributed by atoms with Crippen molar-refractivity contribution in [1.82, 2.24) is 10.0 Å². The number of para-hydroxylation sites is 1. The Hall–Kier alpha value is -2.69. The van der Waals surface area contributed by atoms with E-state index in [4.69, 9.17) is 9.88 Å². The number of hydrogen-bond donors (Lipinski definition) is 3. The standard InChI is InChI=1S/C23H26BrN3O5S/c24-19-7-3-4-8-21(19)32-18-12-9-17(10-13-18)15-20(23(29)27-33(25,30)31)26-22(28)14-11-16-5-1-2-6-16/h3-4,7-10,12-13,15-16H,1-2,5-6,11,14H2,(H,26,28)(H,27,29)(H2,25,30,31). The smallest absolute Gasteiger partial charge is 0.299 e. The lowest BCUT2D eigenvalue weighted by Crippen LogP contribution is -2.41. The lowest BCUT2D eigenvalue weighted by molar-refractivity contribution is -0.123. The quantitative estimate of drug-likeness (QED) is 0.418. The topological polar surface area (TPSA) is 128 Å². The summed E-state index contributed by atoms with van der Waals surface area (Å²) in [4.78, 5) is 24.8. The van der Waals surface area contributed by atoms with Crippen LogP contribution in [-0.2, 0) is 19.8 Å². The van der Waals surface area contributed by atoms with Gasteiger partial charge in [-0.25, -0.2) is 9.86 Å². The fourth-order valence-electron chi connectivity index (χ4n) is 3.64. The predicted octanol–water partition coefficient (Wildman–Crippen LogP) is 3.99. The first-order valence-electron chi connectivity index (χ1n) is 10.6. The molecule has 2 aromatic carbocycles. The Morgan fingerprint density at radius 3 is 2.39 bits per heavy atom. The van der Waals surface area contributed by atoms with Gasteiger partial charge in [-0.05, 0) is 64.2 Å². The summed E-state index contributed by atoms with van der Waals surface area (Å²) >= 11 is 3.42. The van der Waals surface area contributed by atoms with Gasteiger partial charge in [-0.3, -0.25) is 9.59 Å². The van der Waals surface area contributed by atoms with E-state index in [0.29, 0.717) is 23.0 Å². The van der Waals surface area contributed by atoms with Crippen molar-refractivity contribution in [1.29, 1.82) is 0 Å². The van der Waals surface area contributed by atoms with Crippen LogP contribution in [0.15, 0.2) is 58.7 Å². The van der Waals surface area contributed by atoms with Gasteiger partial charge < -0.3 is 10.1 Å². The van der Waals surface area contributed by atoms with Crippen molar-refractivity contribution in [3.63, 3.8) is 0 Å². The Kier molecular flexibility index (Phi) is 8.65.